The highest BCUT2D eigenvalue weighted by atomic mass is 35.5. The van der Waals surface area contributed by atoms with E-state index in [4.69, 9.17) is 23.2 Å². The van der Waals surface area contributed by atoms with Crippen LogP contribution in [0.5, 0.6) is 0 Å². The molecule has 0 saturated heterocycles. The number of anilines is 2. The molecular weight excluding hydrogens is 503 g/mol. The highest BCUT2D eigenvalue weighted by Crippen LogP contribution is 2.53. The molecule has 2 heterocycles. The van der Waals surface area contributed by atoms with Crippen molar-refractivity contribution in [3.63, 3.8) is 0 Å². The van der Waals surface area contributed by atoms with Gasteiger partial charge >= 0.3 is 35.5 Å². The van der Waals surface area contributed by atoms with Gasteiger partial charge in [-0.2, -0.15) is 35.1 Å². The highest BCUT2D eigenvalue weighted by molar-refractivity contribution is 6.30. The molecule has 174 valence electrons. The standard InChI is InChI=1S/C16H8Cl2F8N4O2/c17-7-1-3-9(27-5-7)29-11(31)13(19,20)15(23,24)16(25,26)14(21,22)12(32)30-10-4-2-8(18)6-28-10/h1-6H,(H,27,29,31)(H,28,30,32). The number of alkyl halides is 8. The number of carbonyl (C=O) groups excluding carboxylic acids is 2. The molecular formula is C16H8Cl2F8N4O2. The number of pyridine rings is 2. The van der Waals surface area contributed by atoms with Crippen LogP contribution in [0.2, 0.25) is 10.0 Å². The number of aromatic nitrogens is 2. The van der Waals surface area contributed by atoms with Crippen molar-refractivity contribution in [2.24, 2.45) is 0 Å². The summed E-state index contributed by atoms with van der Waals surface area (Å²) in [5, 5.41) is 2.02. The largest absolute Gasteiger partial charge is 0.393 e. The number of amides is 2. The van der Waals surface area contributed by atoms with Crippen LogP contribution in [-0.4, -0.2) is 45.5 Å². The van der Waals surface area contributed by atoms with Gasteiger partial charge in [0.25, 0.3) is 0 Å². The summed E-state index contributed by atoms with van der Waals surface area (Å²) in [6, 6.07) is 3.43. The predicted octanol–water partition coefficient (Wildman–Crippen LogP) is 4.90. The molecule has 16 heteroatoms. The topological polar surface area (TPSA) is 84.0 Å². The normalized spacial score (nSPS) is 12.9. The molecule has 0 atom stereocenters. The Balaban J connectivity index is 2.30. The summed E-state index contributed by atoms with van der Waals surface area (Å²) < 4.78 is 112. The monoisotopic (exact) mass is 510 g/mol. The Kier molecular flexibility index (Phi) is 6.90. The summed E-state index contributed by atoms with van der Waals surface area (Å²) in [6.45, 7) is 0. The third kappa shape index (κ3) is 4.55. The lowest BCUT2D eigenvalue weighted by atomic mass is 9.97. The van der Waals surface area contributed by atoms with Gasteiger partial charge in [-0.1, -0.05) is 23.2 Å². The summed E-state index contributed by atoms with van der Waals surface area (Å²) in [7, 11) is 0. The molecule has 6 nitrogen and oxygen atoms in total. The van der Waals surface area contributed by atoms with Gasteiger partial charge in [0.15, 0.2) is 0 Å². The Bertz CT molecular complexity index is 923. The SMILES string of the molecule is O=C(Nc1ccc(Cl)cn1)C(F)(F)C(F)(F)C(F)(F)C(F)(F)C(=O)Nc1ccc(Cl)cn1. The third-order valence-corrected chi connectivity index (χ3v) is 4.14. The molecule has 0 radical (unpaired) electrons. The number of hydrogen-bond acceptors (Lipinski definition) is 4. The van der Waals surface area contributed by atoms with Crippen LogP contribution in [-0.2, 0) is 9.59 Å². The van der Waals surface area contributed by atoms with E-state index in [2.05, 4.69) is 9.97 Å². The molecule has 2 amide bonds. The zero-order valence-electron chi connectivity index (χ0n) is 15.0. The van der Waals surface area contributed by atoms with Crippen molar-refractivity contribution < 1.29 is 44.7 Å². The Morgan fingerprint density at radius 1 is 0.656 bits per heavy atom. The van der Waals surface area contributed by atoms with Gasteiger partial charge in [-0.05, 0) is 24.3 Å². The maximum Gasteiger partial charge on any atom is 0.393 e. The average Bonchev–Trinajstić information content (AvgIpc) is 2.70. The molecule has 0 bridgehead atoms. The number of nitrogens with zero attached hydrogens (tertiary/aromatic N) is 2. The van der Waals surface area contributed by atoms with Crippen LogP contribution in [0.25, 0.3) is 0 Å². The fourth-order valence-electron chi connectivity index (χ4n) is 1.97. The second-order valence-corrected chi connectivity index (χ2v) is 6.80. The molecule has 0 aromatic carbocycles. The van der Waals surface area contributed by atoms with Crippen LogP contribution < -0.4 is 10.6 Å². The van der Waals surface area contributed by atoms with Crippen molar-refractivity contribution in [2.75, 3.05) is 10.6 Å². The number of nitrogens with one attached hydrogen (secondary N) is 2. The Morgan fingerprint density at radius 2 is 0.969 bits per heavy atom. The van der Waals surface area contributed by atoms with E-state index < -0.39 is 47.1 Å². The van der Waals surface area contributed by atoms with Crippen molar-refractivity contribution >= 4 is 46.7 Å². The van der Waals surface area contributed by atoms with E-state index in [-0.39, 0.29) is 10.0 Å². The molecule has 32 heavy (non-hydrogen) atoms. The zero-order valence-corrected chi connectivity index (χ0v) is 16.5. The first kappa shape index (κ1) is 25.5. The second kappa shape index (κ2) is 8.65. The fourth-order valence-corrected chi connectivity index (χ4v) is 2.19. The van der Waals surface area contributed by atoms with Gasteiger partial charge in [0, 0.05) is 12.4 Å². The second-order valence-electron chi connectivity index (χ2n) is 5.93. The number of rotatable bonds is 7. The maximum absolute atomic E-state index is 13.9. The van der Waals surface area contributed by atoms with E-state index >= 15 is 0 Å². The van der Waals surface area contributed by atoms with E-state index in [0.717, 1.165) is 47.3 Å². The zero-order chi connectivity index (χ0) is 24.5. The van der Waals surface area contributed by atoms with Crippen molar-refractivity contribution in [1.29, 1.82) is 0 Å². The minimum Gasteiger partial charge on any atom is -0.305 e. The summed E-state index contributed by atoms with van der Waals surface area (Å²) in [4.78, 5) is 29.5. The van der Waals surface area contributed by atoms with Crippen LogP contribution in [0.1, 0.15) is 0 Å². The lowest BCUT2D eigenvalue weighted by Gasteiger charge is -2.35. The fraction of sp³-hybridized carbons (Fsp3) is 0.250. The van der Waals surface area contributed by atoms with Crippen molar-refractivity contribution in [3.8, 4) is 0 Å². The molecule has 0 aliphatic carbocycles. The third-order valence-electron chi connectivity index (χ3n) is 3.69. The van der Waals surface area contributed by atoms with Gasteiger partial charge in [0.2, 0.25) is 0 Å². The minimum absolute atomic E-state index is 0.0625. The number of halogens is 10. The summed E-state index contributed by atoms with van der Waals surface area (Å²) >= 11 is 10.9. The van der Waals surface area contributed by atoms with E-state index in [0.29, 0.717) is 0 Å². The van der Waals surface area contributed by atoms with E-state index in [1.807, 2.05) is 0 Å². The van der Waals surface area contributed by atoms with Gasteiger partial charge in [0.05, 0.1) is 10.0 Å². The van der Waals surface area contributed by atoms with Gasteiger partial charge < -0.3 is 10.6 Å². The minimum atomic E-state index is -7.04. The van der Waals surface area contributed by atoms with Crippen LogP contribution >= 0.6 is 23.2 Å². The Morgan fingerprint density at radius 3 is 1.22 bits per heavy atom. The van der Waals surface area contributed by atoms with Crippen LogP contribution in [0.4, 0.5) is 46.8 Å². The van der Waals surface area contributed by atoms with Crippen LogP contribution in [0.3, 0.4) is 0 Å². The molecule has 0 fully saturated rings. The lowest BCUT2D eigenvalue weighted by molar-refractivity contribution is -0.345. The first-order chi connectivity index (χ1) is 14.5. The van der Waals surface area contributed by atoms with Gasteiger partial charge in [-0.3, -0.25) is 9.59 Å². The molecule has 0 saturated carbocycles. The van der Waals surface area contributed by atoms with Gasteiger partial charge in [-0.15, -0.1) is 0 Å². The average molecular weight is 511 g/mol. The van der Waals surface area contributed by atoms with E-state index in [1.165, 1.54) is 0 Å². The Hall–Kier alpha value is -2.74. The smallest absolute Gasteiger partial charge is 0.305 e. The van der Waals surface area contributed by atoms with Crippen molar-refractivity contribution in [3.05, 3.63) is 46.7 Å². The first-order valence-electron chi connectivity index (χ1n) is 7.91. The van der Waals surface area contributed by atoms with Crippen LogP contribution in [0.15, 0.2) is 36.7 Å². The molecule has 0 aliphatic rings. The molecule has 0 unspecified atom stereocenters. The van der Waals surface area contributed by atoms with Crippen molar-refractivity contribution in [1.82, 2.24) is 9.97 Å². The molecule has 2 rings (SSSR count). The Labute approximate surface area is 182 Å². The summed E-state index contributed by atoms with van der Waals surface area (Å²) in [5.41, 5.74) is 0. The quantitative estimate of drug-likeness (QED) is 0.519. The molecule has 2 aromatic heterocycles. The van der Waals surface area contributed by atoms with Crippen molar-refractivity contribution in [2.45, 2.75) is 23.7 Å². The summed E-state index contributed by atoms with van der Waals surface area (Å²) in [5.74, 6) is -34.7. The predicted molar refractivity (Wildman–Crippen MR) is 95.5 cm³/mol. The van der Waals surface area contributed by atoms with Crippen LogP contribution in [0, 0.1) is 0 Å². The molecule has 2 N–H and O–H groups in total. The maximum atomic E-state index is 13.9. The molecule has 0 spiro atoms. The molecule has 0 aliphatic heterocycles. The lowest BCUT2D eigenvalue weighted by Crippen LogP contribution is -2.67. The van der Waals surface area contributed by atoms with Gasteiger partial charge in [0.1, 0.15) is 11.6 Å². The highest BCUT2D eigenvalue weighted by Gasteiger charge is 2.84. The number of carbonyl (C=O) groups is 2. The van der Waals surface area contributed by atoms with E-state index in [1.54, 1.807) is 0 Å². The van der Waals surface area contributed by atoms with E-state index in [9.17, 15) is 44.7 Å². The summed E-state index contributed by atoms with van der Waals surface area (Å²) in [6.07, 6.45) is 1.57. The first-order valence-corrected chi connectivity index (χ1v) is 8.67. The molecule has 2 aromatic rings. The van der Waals surface area contributed by atoms with Gasteiger partial charge in [-0.25, -0.2) is 9.97 Å². The number of hydrogen-bond donors (Lipinski definition) is 2.